The summed E-state index contributed by atoms with van der Waals surface area (Å²) in [7, 11) is 1.86. The van der Waals surface area contributed by atoms with Crippen LogP contribution in [-0.4, -0.2) is 28.9 Å². The van der Waals surface area contributed by atoms with Gasteiger partial charge in [-0.1, -0.05) is 26.0 Å². The molecule has 102 valence electrons. The Hall–Kier alpha value is -1.97. The van der Waals surface area contributed by atoms with Crippen LogP contribution in [0.3, 0.4) is 0 Å². The highest BCUT2D eigenvalue weighted by Gasteiger charge is 2.20. The summed E-state index contributed by atoms with van der Waals surface area (Å²) in [5.41, 5.74) is 8.01. The number of carbonyl (C=O) groups is 1. The molecule has 0 aliphatic rings. The van der Waals surface area contributed by atoms with Gasteiger partial charge in [0.2, 0.25) is 0 Å². The Labute approximate surface area is 113 Å². The number of hydrogen-bond acceptors (Lipinski definition) is 2. The van der Waals surface area contributed by atoms with Crippen molar-refractivity contribution in [3.63, 3.8) is 0 Å². The number of para-hydroxylation sites is 1. The van der Waals surface area contributed by atoms with Crippen LogP contribution in [0.5, 0.6) is 0 Å². The zero-order valence-corrected chi connectivity index (χ0v) is 11.7. The maximum absolute atomic E-state index is 12.4. The predicted molar refractivity (Wildman–Crippen MR) is 79.2 cm³/mol. The van der Waals surface area contributed by atoms with Gasteiger partial charge in [-0.05, 0) is 25.0 Å². The summed E-state index contributed by atoms with van der Waals surface area (Å²) in [4.78, 5) is 17.4. The standard InChI is InChI=1S/C15H21N3O/c1-4-11(5-2)18(3)15(19)13-9-10-7-6-8-12(16)14(10)17-13/h6-9,11,17H,4-5,16H2,1-3H3. The van der Waals surface area contributed by atoms with Gasteiger partial charge >= 0.3 is 0 Å². The molecular weight excluding hydrogens is 238 g/mol. The van der Waals surface area contributed by atoms with Crippen molar-refractivity contribution < 1.29 is 4.79 Å². The van der Waals surface area contributed by atoms with Crippen molar-refractivity contribution >= 4 is 22.5 Å². The maximum Gasteiger partial charge on any atom is 0.270 e. The van der Waals surface area contributed by atoms with Crippen LogP contribution in [0.15, 0.2) is 24.3 Å². The van der Waals surface area contributed by atoms with Gasteiger partial charge in [0.25, 0.3) is 5.91 Å². The minimum Gasteiger partial charge on any atom is -0.397 e. The number of fused-ring (bicyclic) bond motifs is 1. The number of H-pyrrole nitrogens is 1. The molecular formula is C15H21N3O. The molecule has 1 aromatic carbocycles. The van der Waals surface area contributed by atoms with Gasteiger partial charge in [0.05, 0.1) is 11.2 Å². The molecule has 0 saturated carbocycles. The molecule has 4 heteroatoms. The second-order valence-electron chi connectivity index (χ2n) is 4.88. The number of nitrogens with zero attached hydrogens (tertiary/aromatic N) is 1. The van der Waals surface area contributed by atoms with Gasteiger partial charge in [-0.15, -0.1) is 0 Å². The Kier molecular flexibility index (Phi) is 3.79. The van der Waals surface area contributed by atoms with Crippen molar-refractivity contribution in [2.75, 3.05) is 12.8 Å². The molecule has 2 rings (SSSR count). The fraction of sp³-hybridized carbons (Fsp3) is 0.400. The third-order valence-electron chi connectivity index (χ3n) is 3.73. The van der Waals surface area contributed by atoms with E-state index in [9.17, 15) is 4.79 Å². The summed E-state index contributed by atoms with van der Waals surface area (Å²) in [6, 6.07) is 7.82. The summed E-state index contributed by atoms with van der Waals surface area (Å²) in [5, 5.41) is 0.973. The Bertz CT molecular complexity index is 584. The Morgan fingerprint density at radius 2 is 2.05 bits per heavy atom. The lowest BCUT2D eigenvalue weighted by atomic mass is 10.1. The summed E-state index contributed by atoms with van der Waals surface area (Å²) in [5.74, 6) is 0.0179. The fourth-order valence-electron chi connectivity index (χ4n) is 2.49. The average molecular weight is 259 g/mol. The highest BCUT2D eigenvalue weighted by Crippen LogP contribution is 2.22. The number of aromatic amines is 1. The Morgan fingerprint density at radius 3 is 2.63 bits per heavy atom. The van der Waals surface area contributed by atoms with E-state index in [-0.39, 0.29) is 11.9 Å². The zero-order chi connectivity index (χ0) is 14.0. The molecule has 1 aromatic heterocycles. The maximum atomic E-state index is 12.4. The SMILES string of the molecule is CCC(CC)N(C)C(=O)c1cc2cccc(N)c2[nH]1. The number of carbonyl (C=O) groups excluding carboxylic acids is 1. The van der Waals surface area contributed by atoms with Crippen molar-refractivity contribution in [3.8, 4) is 0 Å². The van der Waals surface area contributed by atoms with Crippen LogP contribution < -0.4 is 5.73 Å². The molecule has 0 fully saturated rings. The number of aromatic nitrogens is 1. The van der Waals surface area contributed by atoms with Crippen LogP contribution in [0.4, 0.5) is 5.69 Å². The lowest BCUT2D eigenvalue weighted by Gasteiger charge is -2.25. The van der Waals surface area contributed by atoms with Crippen LogP contribution in [0.1, 0.15) is 37.2 Å². The molecule has 0 bridgehead atoms. The second kappa shape index (κ2) is 5.34. The number of hydrogen-bond donors (Lipinski definition) is 2. The molecule has 0 atom stereocenters. The van der Waals surface area contributed by atoms with Crippen molar-refractivity contribution in [1.82, 2.24) is 9.88 Å². The van der Waals surface area contributed by atoms with Crippen LogP contribution in [-0.2, 0) is 0 Å². The van der Waals surface area contributed by atoms with Gasteiger partial charge < -0.3 is 15.6 Å². The summed E-state index contributed by atoms with van der Waals surface area (Å²) < 4.78 is 0. The molecule has 0 radical (unpaired) electrons. The largest absolute Gasteiger partial charge is 0.397 e. The highest BCUT2D eigenvalue weighted by molar-refractivity contribution is 6.00. The van der Waals surface area contributed by atoms with Crippen LogP contribution in [0.2, 0.25) is 0 Å². The number of anilines is 1. The summed E-state index contributed by atoms with van der Waals surface area (Å²) in [6.07, 6.45) is 1.92. The average Bonchev–Trinajstić information content (AvgIpc) is 2.84. The van der Waals surface area contributed by atoms with Gasteiger partial charge in [0, 0.05) is 18.5 Å². The van der Waals surface area contributed by atoms with E-state index in [0.29, 0.717) is 11.4 Å². The lowest BCUT2D eigenvalue weighted by molar-refractivity contribution is 0.0719. The van der Waals surface area contributed by atoms with Crippen molar-refractivity contribution in [2.24, 2.45) is 0 Å². The van der Waals surface area contributed by atoms with Gasteiger partial charge in [0.1, 0.15) is 5.69 Å². The first-order valence-electron chi connectivity index (χ1n) is 6.72. The monoisotopic (exact) mass is 259 g/mol. The van der Waals surface area contributed by atoms with Gasteiger partial charge in [-0.3, -0.25) is 4.79 Å². The molecule has 19 heavy (non-hydrogen) atoms. The molecule has 0 spiro atoms. The molecule has 0 unspecified atom stereocenters. The second-order valence-corrected chi connectivity index (χ2v) is 4.88. The molecule has 1 heterocycles. The van der Waals surface area contributed by atoms with E-state index in [1.165, 1.54) is 0 Å². The summed E-state index contributed by atoms with van der Waals surface area (Å²) >= 11 is 0. The quantitative estimate of drug-likeness (QED) is 0.829. The van der Waals surface area contributed by atoms with E-state index in [2.05, 4.69) is 18.8 Å². The number of nitrogens with one attached hydrogen (secondary N) is 1. The minimum atomic E-state index is 0.0179. The molecule has 0 aliphatic heterocycles. The normalized spacial score (nSPS) is 11.2. The van der Waals surface area contributed by atoms with E-state index >= 15 is 0 Å². The van der Waals surface area contributed by atoms with E-state index < -0.39 is 0 Å². The van der Waals surface area contributed by atoms with Crippen LogP contribution in [0.25, 0.3) is 10.9 Å². The Morgan fingerprint density at radius 1 is 1.37 bits per heavy atom. The molecule has 1 amide bonds. The number of benzene rings is 1. The van der Waals surface area contributed by atoms with E-state index in [1.54, 1.807) is 4.90 Å². The smallest absolute Gasteiger partial charge is 0.270 e. The first-order chi connectivity index (χ1) is 9.08. The van der Waals surface area contributed by atoms with Gasteiger partial charge in [-0.25, -0.2) is 0 Å². The molecule has 0 aliphatic carbocycles. The number of amides is 1. The summed E-state index contributed by atoms with van der Waals surface area (Å²) in [6.45, 7) is 4.20. The van der Waals surface area contributed by atoms with E-state index in [1.807, 2.05) is 31.3 Å². The highest BCUT2D eigenvalue weighted by atomic mass is 16.2. The van der Waals surface area contributed by atoms with E-state index in [4.69, 9.17) is 5.73 Å². The number of rotatable bonds is 4. The van der Waals surface area contributed by atoms with Gasteiger partial charge in [0.15, 0.2) is 0 Å². The molecule has 0 saturated heterocycles. The first-order valence-corrected chi connectivity index (χ1v) is 6.72. The van der Waals surface area contributed by atoms with Gasteiger partial charge in [-0.2, -0.15) is 0 Å². The predicted octanol–water partition coefficient (Wildman–Crippen LogP) is 3.01. The third kappa shape index (κ3) is 2.43. The Balaban J connectivity index is 2.34. The minimum absolute atomic E-state index is 0.0179. The van der Waals surface area contributed by atoms with E-state index in [0.717, 1.165) is 23.7 Å². The fourth-order valence-corrected chi connectivity index (χ4v) is 2.49. The number of nitrogen functional groups attached to an aromatic ring is 1. The third-order valence-corrected chi connectivity index (χ3v) is 3.73. The number of nitrogens with two attached hydrogens (primary N) is 1. The van der Waals surface area contributed by atoms with Crippen LogP contribution >= 0.6 is 0 Å². The molecule has 3 N–H and O–H groups in total. The first kappa shape index (κ1) is 13.5. The topological polar surface area (TPSA) is 62.1 Å². The zero-order valence-electron chi connectivity index (χ0n) is 11.7. The van der Waals surface area contributed by atoms with Crippen molar-refractivity contribution in [3.05, 3.63) is 30.0 Å². The lowest BCUT2D eigenvalue weighted by Crippen LogP contribution is -2.36. The molecule has 2 aromatic rings. The van der Waals surface area contributed by atoms with Crippen molar-refractivity contribution in [1.29, 1.82) is 0 Å². The van der Waals surface area contributed by atoms with Crippen LogP contribution in [0, 0.1) is 0 Å². The van der Waals surface area contributed by atoms with Crippen molar-refractivity contribution in [2.45, 2.75) is 32.7 Å². The molecule has 4 nitrogen and oxygen atoms in total.